The Morgan fingerprint density at radius 1 is 1.14 bits per heavy atom. The van der Waals surface area contributed by atoms with E-state index in [9.17, 15) is 24.4 Å². The molecule has 0 saturated heterocycles. The number of carbonyl (C=O) groups excluding carboxylic acids is 1. The molecule has 1 heterocycles. The summed E-state index contributed by atoms with van der Waals surface area (Å²) in [5, 5.41) is 31.5. The fourth-order valence-electron chi connectivity index (χ4n) is 4.83. The lowest BCUT2D eigenvalue weighted by Crippen LogP contribution is -2.29. The minimum absolute atomic E-state index is 0.0274. The maximum absolute atomic E-state index is 14.2. The molecular weight excluding hydrogens is 541 g/mol. The van der Waals surface area contributed by atoms with E-state index < -0.39 is 22.9 Å². The number of fused-ring (bicyclic) bond motifs is 1. The van der Waals surface area contributed by atoms with Crippen LogP contribution in [0.4, 0.5) is 20.7 Å². The van der Waals surface area contributed by atoms with Gasteiger partial charge in [-0.3, -0.25) is 15.4 Å². The molecule has 218 valence electrons. The molecule has 1 aromatic heterocycles. The van der Waals surface area contributed by atoms with Crippen molar-refractivity contribution in [2.24, 2.45) is 0 Å². The van der Waals surface area contributed by atoms with Gasteiger partial charge in [-0.25, -0.2) is 13.9 Å². The van der Waals surface area contributed by atoms with Gasteiger partial charge in [0.1, 0.15) is 23.1 Å². The van der Waals surface area contributed by atoms with E-state index in [4.69, 9.17) is 4.74 Å². The van der Waals surface area contributed by atoms with E-state index in [2.05, 4.69) is 15.7 Å². The van der Waals surface area contributed by atoms with E-state index in [1.54, 1.807) is 24.3 Å². The summed E-state index contributed by atoms with van der Waals surface area (Å²) in [5.74, 6) is 0.832. The highest BCUT2D eigenvalue weighted by Crippen LogP contribution is 2.34. The normalized spacial score (nSPS) is 14.6. The standard InChI is InChI=1S/C31H32FN5O5/c1-31(2,3)28-17-29(36(35-28)22-8-10-23(11-9-22)37(40)41)34-30(39)33-18-20-15-21(32)7-14-27(20)42-24-12-13-25-19(16-24)5-4-6-26(25)38/h7-17,26,38H,4-6,18H2,1-3H3,(H2,33,34,39). The number of anilines is 1. The van der Waals surface area contributed by atoms with Crippen LogP contribution in [0.25, 0.3) is 5.69 Å². The molecule has 0 radical (unpaired) electrons. The molecule has 1 aliphatic carbocycles. The Hall–Kier alpha value is -4.77. The molecular formula is C31H32FN5O5. The summed E-state index contributed by atoms with van der Waals surface area (Å²) in [6.45, 7) is 5.92. The van der Waals surface area contributed by atoms with Crippen molar-refractivity contribution in [1.82, 2.24) is 15.1 Å². The molecule has 0 saturated carbocycles. The van der Waals surface area contributed by atoms with Gasteiger partial charge in [0, 0.05) is 35.7 Å². The van der Waals surface area contributed by atoms with E-state index in [0.717, 1.165) is 30.4 Å². The smallest absolute Gasteiger partial charge is 0.320 e. The highest BCUT2D eigenvalue weighted by molar-refractivity contribution is 5.88. The number of urea groups is 1. The minimum atomic E-state index is -0.559. The number of aliphatic hydroxyl groups is 1. The van der Waals surface area contributed by atoms with Crippen LogP contribution in [0.2, 0.25) is 0 Å². The van der Waals surface area contributed by atoms with Gasteiger partial charge in [-0.1, -0.05) is 26.8 Å². The molecule has 0 aliphatic heterocycles. The third kappa shape index (κ3) is 6.41. The molecule has 3 aromatic carbocycles. The van der Waals surface area contributed by atoms with Crippen molar-refractivity contribution in [2.75, 3.05) is 5.32 Å². The molecule has 2 amide bonds. The Morgan fingerprint density at radius 2 is 1.90 bits per heavy atom. The molecule has 10 nitrogen and oxygen atoms in total. The second-order valence-electron chi connectivity index (χ2n) is 11.3. The van der Waals surface area contributed by atoms with E-state index in [1.807, 2.05) is 32.9 Å². The molecule has 0 bridgehead atoms. The molecule has 0 spiro atoms. The number of non-ortho nitro benzene ring substituents is 1. The summed E-state index contributed by atoms with van der Waals surface area (Å²) in [6, 6.07) is 16.6. The van der Waals surface area contributed by atoms with E-state index in [1.165, 1.54) is 35.0 Å². The number of carbonyl (C=O) groups is 1. The number of nitro groups is 1. The average molecular weight is 574 g/mol. The summed E-state index contributed by atoms with van der Waals surface area (Å²) < 4.78 is 21.8. The van der Waals surface area contributed by atoms with E-state index >= 15 is 0 Å². The van der Waals surface area contributed by atoms with Crippen LogP contribution in [0.1, 0.15) is 62.1 Å². The Morgan fingerprint density at radius 3 is 2.62 bits per heavy atom. The van der Waals surface area contributed by atoms with Gasteiger partial charge in [-0.15, -0.1) is 0 Å². The van der Waals surface area contributed by atoms with Gasteiger partial charge in [0.05, 0.1) is 22.4 Å². The Balaban J connectivity index is 1.32. The monoisotopic (exact) mass is 573 g/mol. The molecule has 0 fully saturated rings. The van der Waals surface area contributed by atoms with Crippen molar-refractivity contribution in [2.45, 2.75) is 58.1 Å². The quantitative estimate of drug-likeness (QED) is 0.167. The van der Waals surface area contributed by atoms with Crippen LogP contribution in [0, 0.1) is 15.9 Å². The van der Waals surface area contributed by atoms with Gasteiger partial charge in [0.2, 0.25) is 0 Å². The first kappa shape index (κ1) is 28.7. The molecule has 1 aliphatic rings. The molecule has 11 heteroatoms. The van der Waals surface area contributed by atoms with Crippen molar-refractivity contribution in [1.29, 1.82) is 0 Å². The highest BCUT2D eigenvalue weighted by atomic mass is 19.1. The number of aryl methyl sites for hydroxylation is 1. The zero-order valence-corrected chi connectivity index (χ0v) is 23.6. The van der Waals surface area contributed by atoms with Crippen LogP contribution in [0.15, 0.2) is 66.7 Å². The van der Waals surface area contributed by atoms with Gasteiger partial charge in [-0.2, -0.15) is 5.10 Å². The number of amides is 2. The van der Waals surface area contributed by atoms with Crippen molar-refractivity contribution in [3.63, 3.8) is 0 Å². The number of aromatic nitrogens is 2. The van der Waals surface area contributed by atoms with E-state index in [0.29, 0.717) is 34.3 Å². The first-order chi connectivity index (χ1) is 20.0. The lowest BCUT2D eigenvalue weighted by Gasteiger charge is -2.22. The van der Waals surface area contributed by atoms with Gasteiger partial charge in [0.25, 0.3) is 5.69 Å². The van der Waals surface area contributed by atoms with Crippen molar-refractivity contribution < 1.29 is 24.0 Å². The minimum Gasteiger partial charge on any atom is -0.457 e. The fourth-order valence-corrected chi connectivity index (χ4v) is 4.83. The Kier molecular flexibility index (Phi) is 7.95. The second kappa shape index (κ2) is 11.6. The summed E-state index contributed by atoms with van der Waals surface area (Å²) in [4.78, 5) is 23.6. The number of nitrogens with one attached hydrogen (secondary N) is 2. The maximum Gasteiger partial charge on any atom is 0.320 e. The second-order valence-corrected chi connectivity index (χ2v) is 11.3. The predicted molar refractivity (Wildman–Crippen MR) is 156 cm³/mol. The third-order valence-electron chi connectivity index (χ3n) is 7.11. The van der Waals surface area contributed by atoms with Gasteiger partial charge < -0.3 is 15.2 Å². The van der Waals surface area contributed by atoms with E-state index in [-0.39, 0.29) is 17.6 Å². The third-order valence-corrected chi connectivity index (χ3v) is 7.11. The zero-order chi connectivity index (χ0) is 30.0. The number of ether oxygens (including phenoxy) is 1. The zero-order valence-electron chi connectivity index (χ0n) is 23.6. The average Bonchev–Trinajstić information content (AvgIpc) is 3.37. The summed E-state index contributed by atoms with van der Waals surface area (Å²) in [6.07, 6.45) is 1.98. The number of benzene rings is 3. The largest absolute Gasteiger partial charge is 0.457 e. The van der Waals surface area contributed by atoms with Crippen LogP contribution in [-0.2, 0) is 18.4 Å². The van der Waals surface area contributed by atoms with Crippen molar-refractivity contribution in [3.05, 3.63) is 105 Å². The Bertz CT molecular complexity index is 1630. The highest BCUT2D eigenvalue weighted by Gasteiger charge is 2.22. The Labute approximate surface area is 242 Å². The van der Waals surface area contributed by atoms with Gasteiger partial charge in [0.15, 0.2) is 0 Å². The maximum atomic E-state index is 14.2. The number of aliphatic hydroxyl groups excluding tert-OH is 1. The first-order valence-corrected chi connectivity index (χ1v) is 13.7. The van der Waals surface area contributed by atoms with Crippen LogP contribution >= 0.6 is 0 Å². The number of nitro benzene ring substituents is 1. The molecule has 3 N–H and O–H groups in total. The first-order valence-electron chi connectivity index (χ1n) is 13.7. The lowest BCUT2D eigenvalue weighted by atomic mass is 9.89. The predicted octanol–water partition coefficient (Wildman–Crippen LogP) is 6.70. The number of nitrogens with zero attached hydrogens (tertiary/aromatic N) is 3. The fraction of sp³-hybridized carbons (Fsp3) is 0.290. The number of rotatable bonds is 7. The van der Waals surface area contributed by atoms with Crippen LogP contribution in [-0.4, -0.2) is 25.8 Å². The molecule has 4 aromatic rings. The number of hydrogen-bond donors (Lipinski definition) is 3. The van der Waals surface area contributed by atoms with Crippen LogP contribution in [0.5, 0.6) is 11.5 Å². The van der Waals surface area contributed by atoms with Crippen LogP contribution in [0.3, 0.4) is 0 Å². The van der Waals surface area contributed by atoms with Crippen molar-refractivity contribution >= 4 is 17.5 Å². The lowest BCUT2D eigenvalue weighted by molar-refractivity contribution is -0.384. The molecule has 1 atom stereocenters. The molecule has 5 rings (SSSR count). The summed E-state index contributed by atoms with van der Waals surface area (Å²) >= 11 is 0. The van der Waals surface area contributed by atoms with Gasteiger partial charge in [-0.05, 0) is 72.9 Å². The topological polar surface area (TPSA) is 132 Å². The summed E-state index contributed by atoms with van der Waals surface area (Å²) in [5.41, 5.74) is 3.19. The van der Waals surface area contributed by atoms with Gasteiger partial charge >= 0.3 is 6.03 Å². The molecule has 1 unspecified atom stereocenters. The van der Waals surface area contributed by atoms with Crippen LogP contribution < -0.4 is 15.4 Å². The number of halogens is 1. The molecule has 42 heavy (non-hydrogen) atoms. The summed E-state index contributed by atoms with van der Waals surface area (Å²) in [7, 11) is 0. The SMILES string of the molecule is CC(C)(C)c1cc(NC(=O)NCc2cc(F)ccc2Oc2ccc3c(c2)CCCC3O)n(-c2ccc([N+](=O)[O-])cc2)n1. The van der Waals surface area contributed by atoms with Crippen molar-refractivity contribution in [3.8, 4) is 17.2 Å². The number of hydrogen-bond acceptors (Lipinski definition) is 6.